The number of carbonyl (C=O) groups excluding carboxylic acids is 1. The lowest BCUT2D eigenvalue weighted by atomic mass is 10.1. The van der Waals surface area contributed by atoms with E-state index in [4.69, 9.17) is 5.11 Å². The number of nitrogens with one attached hydrogen (secondary N) is 1. The van der Waals surface area contributed by atoms with Gasteiger partial charge in [0.05, 0.1) is 5.56 Å². The summed E-state index contributed by atoms with van der Waals surface area (Å²) in [6, 6.07) is 10.9. The van der Waals surface area contributed by atoms with E-state index in [1.54, 1.807) is 0 Å². The lowest BCUT2D eigenvalue weighted by Gasteiger charge is -2.12. The first-order chi connectivity index (χ1) is 10.1. The Balaban J connectivity index is 1.76. The number of amides is 1. The Labute approximate surface area is 121 Å². The summed E-state index contributed by atoms with van der Waals surface area (Å²) in [6.45, 7) is 0. The molecule has 0 fully saturated rings. The predicted molar refractivity (Wildman–Crippen MR) is 76.3 cm³/mol. The van der Waals surface area contributed by atoms with Crippen LogP contribution in [0.3, 0.4) is 0 Å². The van der Waals surface area contributed by atoms with Gasteiger partial charge in [0.2, 0.25) is 0 Å². The van der Waals surface area contributed by atoms with E-state index in [0.717, 1.165) is 12.8 Å². The lowest BCUT2D eigenvalue weighted by molar-refractivity contribution is 0.0689. The van der Waals surface area contributed by atoms with Gasteiger partial charge in [-0.2, -0.15) is 0 Å². The highest BCUT2D eigenvalue weighted by molar-refractivity contribution is 6.03. The van der Waals surface area contributed by atoms with Crippen molar-refractivity contribution < 1.29 is 14.7 Å². The molecule has 1 amide bonds. The van der Waals surface area contributed by atoms with Crippen molar-refractivity contribution in [2.24, 2.45) is 0 Å². The van der Waals surface area contributed by atoms with Crippen LogP contribution in [0.25, 0.3) is 0 Å². The van der Waals surface area contributed by atoms with Crippen molar-refractivity contribution in [2.75, 3.05) is 0 Å². The van der Waals surface area contributed by atoms with Crippen molar-refractivity contribution in [3.8, 4) is 0 Å². The maximum atomic E-state index is 12.2. The van der Waals surface area contributed by atoms with Crippen molar-refractivity contribution in [3.63, 3.8) is 0 Å². The molecule has 5 nitrogen and oxygen atoms in total. The molecule has 1 aromatic carbocycles. The van der Waals surface area contributed by atoms with Gasteiger partial charge in [-0.05, 0) is 36.1 Å². The maximum Gasteiger partial charge on any atom is 0.338 e. The summed E-state index contributed by atoms with van der Waals surface area (Å²) in [5.41, 5.74) is 2.33. The third-order valence-corrected chi connectivity index (χ3v) is 3.64. The van der Waals surface area contributed by atoms with Crippen LogP contribution in [0.2, 0.25) is 0 Å². The molecule has 3 rings (SSSR count). The largest absolute Gasteiger partial charge is 0.478 e. The predicted octanol–water partition coefficient (Wildman–Crippen LogP) is 1.68. The van der Waals surface area contributed by atoms with Gasteiger partial charge < -0.3 is 10.4 Å². The molecule has 0 saturated carbocycles. The monoisotopic (exact) mass is 282 g/mol. The molecule has 0 radical (unpaired) electrons. The van der Waals surface area contributed by atoms with Crippen LogP contribution in [0.4, 0.5) is 0 Å². The van der Waals surface area contributed by atoms with E-state index in [0.29, 0.717) is 0 Å². The molecule has 1 aliphatic rings. The quantitative estimate of drug-likeness (QED) is 0.897. The summed E-state index contributed by atoms with van der Waals surface area (Å²) in [7, 11) is 0. The molecule has 5 heteroatoms. The zero-order valence-electron chi connectivity index (χ0n) is 11.2. The minimum absolute atomic E-state index is 0.0152. The average Bonchev–Trinajstić information content (AvgIpc) is 2.89. The van der Waals surface area contributed by atoms with Gasteiger partial charge in [0.25, 0.3) is 5.91 Å². The average molecular weight is 282 g/mol. The fourth-order valence-electron chi connectivity index (χ4n) is 2.67. The summed E-state index contributed by atoms with van der Waals surface area (Å²) in [5, 5.41) is 12.0. The summed E-state index contributed by atoms with van der Waals surface area (Å²) in [4.78, 5) is 27.3. The Morgan fingerprint density at radius 3 is 2.38 bits per heavy atom. The molecule has 0 saturated heterocycles. The number of aromatic carboxylic acids is 1. The first-order valence-corrected chi connectivity index (χ1v) is 6.71. The summed E-state index contributed by atoms with van der Waals surface area (Å²) >= 11 is 0. The van der Waals surface area contributed by atoms with E-state index in [9.17, 15) is 9.59 Å². The highest BCUT2D eigenvalue weighted by Gasteiger charge is 2.25. The number of aromatic nitrogens is 1. The fraction of sp³-hybridized carbons (Fsp3) is 0.188. The van der Waals surface area contributed by atoms with Crippen molar-refractivity contribution >= 4 is 11.9 Å². The van der Waals surface area contributed by atoms with Gasteiger partial charge in [-0.25, -0.2) is 4.79 Å². The van der Waals surface area contributed by atoms with Gasteiger partial charge >= 0.3 is 5.97 Å². The topological polar surface area (TPSA) is 79.3 Å². The van der Waals surface area contributed by atoms with Gasteiger partial charge in [-0.3, -0.25) is 9.78 Å². The normalized spacial score (nSPS) is 13.7. The van der Waals surface area contributed by atoms with Crippen LogP contribution in [0.1, 0.15) is 32.0 Å². The molecule has 1 aliphatic carbocycles. The van der Waals surface area contributed by atoms with Crippen LogP contribution in [0, 0.1) is 0 Å². The summed E-state index contributed by atoms with van der Waals surface area (Å²) < 4.78 is 0. The zero-order valence-corrected chi connectivity index (χ0v) is 11.2. The number of nitrogens with zero attached hydrogens (tertiary/aromatic N) is 1. The van der Waals surface area contributed by atoms with E-state index in [1.165, 1.54) is 29.5 Å². The number of hydrogen-bond donors (Lipinski definition) is 2. The Hall–Kier alpha value is -2.69. The first kappa shape index (κ1) is 13.3. The number of carboxylic acid groups (broad SMARTS) is 1. The van der Waals surface area contributed by atoms with E-state index in [2.05, 4.69) is 10.3 Å². The van der Waals surface area contributed by atoms with E-state index >= 15 is 0 Å². The number of fused-ring (bicyclic) bond motifs is 1. The second-order valence-electron chi connectivity index (χ2n) is 5.05. The van der Waals surface area contributed by atoms with E-state index in [-0.39, 0.29) is 17.3 Å². The standard InChI is InChI=1S/C16H14N2O3/c19-15(14-13(16(20)21)6-3-7-17-14)18-12-8-10-4-1-2-5-11(10)9-12/h1-7,12H,8-9H2,(H,18,19)(H,20,21). The number of carbonyl (C=O) groups is 2. The van der Waals surface area contributed by atoms with Crippen molar-refractivity contribution in [1.29, 1.82) is 0 Å². The highest BCUT2D eigenvalue weighted by atomic mass is 16.4. The minimum atomic E-state index is -1.15. The van der Waals surface area contributed by atoms with Crippen LogP contribution < -0.4 is 5.32 Å². The number of carboxylic acids is 1. The summed E-state index contributed by atoms with van der Waals surface area (Å²) in [6.07, 6.45) is 2.94. The number of rotatable bonds is 3. The third-order valence-electron chi connectivity index (χ3n) is 3.64. The number of benzene rings is 1. The molecule has 0 spiro atoms. The van der Waals surface area contributed by atoms with Crippen LogP contribution in [0.5, 0.6) is 0 Å². The van der Waals surface area contributed by atoms with Crippen molar-refractivity contribution in [3.05, 3.63) is 65.0 Å². The fourth-order valence-corrected chi connectivity index (χ4v) is 2.67. The summed E-state index contributed by atoms with van der Waals surface area (Å²) in [5.74, 6) is -1.59. The van der Waals surface area contributed by atoms with Crippen molar-refractivity contribution in [1.82, 2.24) is 10.3 Å². The van der Waals surface area contributed by atoms with Gasteiger partial charge in [-0.15, -0.1) is 0 Å². The molecule has 0 bridgehead atoms. The third kappa shape index (κ3) is 2.63. The Kier molecular flexibility index (Phi) is 3.39. The molecule has 1 aromatic heterocycles. The molecular weight excluding hydrogens is 268 g/mol. The highest BCUT2D eigenvalue weighted by Crippen LogP contribution is 2.22. The second kappa shape index (κ2) is 5.36. The van der Waals surface area contributed by atoms with Gasteiger partial charge in [0.1, 0.15) is 5.69 Å². The number of hydrogen-bond acceptors (Lipinski definition) is 3. The molecule has 106 valence electrons. The molecular formula is C16H14N2O3. The number of pyridine rings is 1. The molecule has 2 aromatic rings. The van der Waals surface area contributed by atoms with Gasteiger partial charge in [0.15, 0.2) is 0 Å². The molecule has 21 heavy (non-hydrogen) atoms. The SMILES string of the molecule is O=C(O)c1cccnc1C(=O)NC1Cc2ccccc2C1. The van der Waals surface area contributed by atoms with E-state index in [1.807, 2.05) is 24.3 Å². The molecule has 0 unspecified atom stereocenters. The Morgan fingerprint density at radius 2 is 1.76 bits per heavy atom. The first-order valence-electron chi connectivity index (χ1n) is 6.71. The molecule has 0 aliphatic heterocycles. The van der Waals surface area contributed by atoms with Crippen LogP contribution in [0.15, 0.2) is 42.6 Å². The lowest BCUT2D eigenvalue weighted by Crippen LogP contribution is -2.36. The van der Waals surface area contributed by atoms with Gasteiger partial charge in [0, 0.05) is 12.2 Å². The maximum absolute atomic E-state index is 12.2. The van der Waals surface area contributed by atoms with Crippen LogP contribution in [-0.4, -0.2) is 28.0 Å². The van der Waals surface area contributed by atoms with Crippen LogP contribution >= 0.6 is 0 Å². The Bertz CT molecular complexity index is 687. The molecule has 2 N–H and O–H groups in total. The molecule has 0 atom stereocenters. The Morgan fingerprint density at radius 1 is 1.10 bits per heavy atom. The van der Waals surface area contributed by atoms with Crippen molar-refractivity contribution in [2.45, 2.75) is 18.9 Å². The van der Waals surface area contributed by atoms with Crippen LogP contribution in [-0.2, 0) is 12.8 Å². The molecule has 1 heterocycles. The second-order valence-corrected chi connectivity index (χ2v) is 5.05. The smallest absolute Gasteiger partial charge is 0.338 e. The van der Waals surface area contributed by atoms with E-state index < -0.39 is 11.9 Å². The zero-order chi connectivity index (χ0) is 14.8. The minimum Gasteiger partial charge on any atom is -0.478 e. The van der Waals surface area contributed by atoms with Gasteiger partial charge in [-0.1, -0.05) is 24.3 Å².